The SMILES string of the molecule is CS(Cl)(Cl)Cl.CSSC.Cl.ClCSCl.ClCSSCCl. The maximum Gasteiger partial charge on any atom is 0.0832 e. The van der Waals surface area contributed by atoms with Crippen LogP contribution in [0.5, 0.6) is 0 Å². The molecule has 0 spiro atoms. The van der Waals surface area contributed by atoms with Crippen LogP contribution in [0.1, 0.15) is 0 Å². The summed E-state index contributed by atoms with van der Waals surface area (Å²) >= 11 is 15.5. The summed E-state index contributed by atoms with van der Waals surface area (Å²) < 4.78 is 0. The number of hydrogen-bond acceptors (Lipinski definition) is 5. The molecule has 0 fully saturated rings. The Labute approximate surface area is 183 Å². The monoisotopic (exact) mass is 560 g/mol. The van der Waals surface area contributed by atoms with E-state index in [4.69, 9.17) is 77.5 Å². The Morgan fingerprint density at radius 1 is 0.800 bits per heavy atom. The summed E-state index contributed by atoms with van der Waals surface area (Å²) in [5.74, 6) is 0. The van der Waals surface area contributed by atoms with Crippen LogP contribution in [0, 0.1) is 0 Å². The fourth-order valence-corrected chi connectivity index (χ4v) is 1.70. The van der Waals surface area contributed by atoms with Crippen LogP contribution in [-0.4, -0.2) is 34.4 Å². The highest BCUT2D eigenvalue weighted by Crippen LogP contribution is 2.59. The lowest BCUT2D eigenvalue weighted by Gasteiger charge is -2.02. The molecule has 0 nitrogen and oxygen atoms in total. The molecule has 20 heavy (non-hydrogen) atoms. The Morgan fingerprint density at radius 2 is 1.00 bits per heavy atom. The van der Waals surface area contributed by atoms with Gasteiger partial charge in [-0.2, -0.15) is 0 Å². The van der Waals surface area contributed by atoms with Gasteiger partial charge in [-0.25, -0.2) is 0 Å². The van der Waals surface area contributed by atoms with E-state index in [0.29, 0.717) is 15.6 Å². The summed E-state index contributed by atoms with van der Waals surface area (Å²) in [7, 11) is 26.4. The molecule has 132 valence electrons. The highest BCUT2D eigenvalue weighted by molar-refractivity contribution is 8.78. The fraction of sp³-hybridized carbons (Fsp3) is 1.00. The normalized spacial score (nSPS) is 9.50. The second-order valence-corrected chi connectivity index (χ2v) is 17.9. The third-order valence-electron chi connectivity index (χ3n) is 0.380. The van der Waals surface area contributed by atoms with Crippen molar-refractivity contribution in [3.8, 4) is 0 Å². The molecule has 0 aliphatic carbocycles. The van der Waals surface area contributed by atoms with E-state index in [1.807, 2.05) is 0 Å². The molecule has 0 rings (SSSR count). The van der Waals surface area contributed by atoms with Crippen molar-refractivity contribution in [2.45, 2.75) is 0 Å². The predicted octanol–water partition coefficient (Wildman–Crippen LogP) is 9.76. The number of hydrogen-bond donors (Lipinski definition) is 0. The lowest BCUT2D eigenvalue weighted by atomic mass is 11.9. The summed E-state index contributed by atoms with van der Waals surface area (Å²) in [6.07, 6.45) is 5.69. The minimum atomic E-state index is -1.75. The second-order valence-electron chi connectivity index (χ2n) is 1.64. The van der Waals surface area contributed by atoms with E-state index in [0.717, 1.165) is 11.0 Å². The fourth-order valence-electron chi connectivity index (χ4n) is 0.0630. The smallest absolute Gasteiger partial charge is 0.0832 e. The van der Waals surface area contributed by atoms with Crippen LogP contribution in [0.3, 0.4) is 0 Å². The predicted molar refractivity (Wildman–Crippen MR) is 126 cm³/mol. The van der Waals surface area contributed by atoms with Crippen molar-refractivity contribution in [3.63, 3.8) is 0 Å². The molecule has 0 atom stereocenters. The van der Waals surface area contributed by atoms with Crippen LogP contribution < -0.4 is 0 Å². The van der Waals surface area contributed by atoms with Crippen molar-refractivity contribution in [2.24, 2.45) is 0 Å². The molecule has 0 aliphatic rings. The Balaban J connectivity index is -0.0000000499. The zero-order valence-electron chi connectivity index (χ0n) is 10.6. The largest absolute Gasteiger partial charge is 0.147 e. The van der Waals surface area contributed by atoms with Gasteiger partial charge in [0.25, 0.3) is 0 Å². The Morgan fingerprint density at radius 3 is 1.05 bits per heavy atom. The molecule has 0 bridgehead atoms. The molecule has 14 heteroatoms. The van der Waals surface area contributed by atoms with Crippen molar-refractivity contribution >= 4 is 152 Å². The minimum absolute atomic E-state index is 0. The molecule has 0 amide bonds. The van der Waals surface area contributed by atoms with E-state index in [2.05, 4.69) is 12.5 Å². The topological polar surface area (TPSA) is 0 Å². The van der Waals surface area contributed by atoms with Gasteiger partial charge in [-0.05, 0) is 73.9 Å². The zero-order chi connectivity index (χ0) is 16.2. The lowest BCUT2D eigenvalue weighted by molar-refractivity contribution is 2.25. The number of halogens is 8. The zero-order valence-corrected chi connectivity index (χ0v) is 21.6. The first-order valence-electron chi connectivity index (χ1n) is 3.84. The van der Waals surface area contributed by atoms with Gasteiger partial charge in [0, 0.05) is 6.26 Å². The first-order chi connectivity index (χ1) is 8.74. The van der Waals surface area contributed by atoms with Crippen molar-refractivity contribution in [2.75, 3.05) is 34.4 Å². The van der Waals surface area contributed by atoms with Crippen LogP contribution in [0.4, 0.5) is 0 Å². The Hall–Kier alpha value is 4.42. The lowest BCUT2D eigenvalue weighted by Crippen LogP contribution is -1.52. The van der Waals surface area contributed by atoms with Crippen LogP contribution in [0.2, 0.25) is 0 Å². The van der Waals surface area contributed by atoms with E-state index < -0.39 is 7.67 Å². The third-order valence-corrected chi connectivity index (χ3v) is 5.77. The molecular formula is C6H16Cl8S6. The van der Waals surface area contributed by atoms with Gasteiger partial charge >= 0.3 is 0 Å². The maximum atomic E-state index is 5.26. The molecule has 0 radical (unpaired) electrons. The molecule has 0 aromatic heterocycles. The molecule has 0 saturated heterocycles. The van der Waals surface area contributed by atoms with E-state index in [-0.39, 0.29) is 12.4 Å². The molecular weight excluding hydrogens is 548 g/mol. The van der Waals surface area contributed by atoms with Gasteiger partial charge in [0.1, 0.15) is 0 Å². The van der Waals surface area contributed by atoms with Gasteiger partial charge in [-0.3, -0.25) is 0 Å². The van der Waals surface area contributed by atoms with Crippen molar-refractivity contribution in [1.82, 2.24) is 0 Å². The first-order valence-corrected chi connectivity index (χ1v) is 17.2. The summed E-state index contributed by atoms with van der Waals surface area (Å²) in [5.41, 5.74) is 0. The molecule has 0 aromatic carbocycles. The number of alkyl halides is 3. The van der Waals surface area contributed by atoms with Crippen LogP contribution in [-0.2, 0) is 0 Å². The highest BCUT2D eigenvalue weighted by atomic mass is 36.2. The molecule has 0 N–H and O–H groups in total. The van der Waals surface area contributed by atoms with E-state index in [1.54, 1.807) is 49.4 Å². The van der Waals surface area contributed by atoms with Gasteiger partial charge in [0.15, 0.2) is 0 Å². The molecule has 0 aromatic rings. The van der Waals surface area contributed by atoms with Crippen molar-refractivity contribution in [1.29, 1.82) is 0 Å². The second kappa shape index (κ2) is 34.7. The third kappa shape index (κ3) is 116. The average Bonchev–Trinajstić information content (AvgIpc) is 2.35. The van der Waals surface area contributed by atoms with Crippen molar-refractivity contribution < 1.29 is 0 Å². The maximum absolute atomic E-state index is 5.26. The van der Waals surface area contributed by atoms with Crippen LogP contribution in [0.15, 0.2) is 0 Å². The van der Waals surface area contributed by atoms with Gasteiger partial charge in [-0.15, -0.1) is 47.2 Å². The summed E-state index contributed by atoms with van der Waals surface area (Å²) in [6.45, 7) is 0. The van der Waals surface area contributed by atoms with E-state index in [1.165, 1.54) is 0 Å². The molecule has 0 aliphatic heterocycles. The van der Waals surface area contributed by atoms with E-state index in [9.17, 15) is 0 Å². The Bertz CT molecular complexity index is 111. The first kappa shape index (κ1) is 35.5. The van der Waals surface area contributed by atoms with Crippen molar-refractivity contribution in [3.05, 3.63) is 0 Å². The van der Waals surface area contributed by atoms with Crippen LogP contribution >= 0.6 is 152 Å². The number of rotatable bonds is 5. The summed E-state index contributed by atoms with van der Waals surface area (Å²) in [4.78, 5) is 0. The quantitative estimate of drug-likeness (QED) is 0.185. The van der Waals surface area contributed by atoms with Crippen LogP contribution in [0.25, 0.3) is 0 Å². The average molecular weight is 564 g/mol. The molecule has 0 heterocycles. The summed E-state index contributed by atoms with van der Waals surface area (Å²) in [6, 6.07) is 0. The standard InChI is InChI=1S/C2H4Cl2S2.C2H6S2.CH3Cl3S.CH2Cl2S.ClH/c3-1-5-6-2-4;1-3-4-2;1-5(2,3)4;2-1-4-3;/h1-2H2;1-2H3;1H3;1H2;1H. The highest BCUT2D eigenvalue weighted by Gasteiger charge is 1.99. The van der Waals surface area contributed by atoms with Gasteiger partial charge in [0.2, 0.25) is 0 Å². The van der Waals surface area contributed by atoms with Gasteiger partial charge in [-0.1, -0.05) is 43.2 Å². The Kier molecular flexibility index (Phi) is 61.6. The molecule has 0 saturated carbocycles. The summed E-state index contributed by atoms with van der Waals surface area (Å²) in [5, 5.41) is 1.72. The molecule has 0 unspecified atom stereocenters. The van der Waals surface area contributed by atoms with E-state index >= 15 is 0 Å². The van der Waals surface area contributed by atoms with Gasteiger partial charge in [0.05, 0.1) is 15.6 Å². The van der Waals surface area contributed by atoms with Gasteiger partial charge < -0.3 is 0 Å². The minimum Gasteiger partial charge on any atom is -0.147 e.